The molecule has 0 spiro atoms. The van der Waals surface area contributed by atoms with Crippen LogP contribution in [-0.4, -0.2) is 17.8 Å². The van der Waals surface area contributed by atoms with Crippen LogP contribution in [0.25, 0.3) is 21.6 Å². The van der Waals surface area contributed by atoms with E-state index in [0.717, 1.165) is 22.7 Å². The largest absolute Gasteiger partial charge is 0.380 e. The van der Waals surface area contributed by atoms with Gasteiger partial charge in [0.25, 0.3) is 0 Å². The summed E-state index contributed by atoms with van der Waals surface area (Å²) < 4.78 is 88.2. The van der Waals surface area contributed by atoms with Crippen molar-refractivity contribution in [3.63, 3.8) is 0 Å². The van der Waals surface area contributed by atoms with Crippen LogP contribution in [0, 0.1) is 25.2 Å². The van der Waals surface area contributed by atoms with Crippen molar-refractivity contribution in [2.75, 3.05) is 0 Å². The number of halogens is 6. The van der Waals surface area contributed by atoms with E-state index < -0.39 is 28.9 Å². The molecule has 31 heavy (non-hydrogen) atoms. The van der Waals surface area contributed by atoms with Gasteiger partial charge in [0.15, 0.2) is 0 Å². The minimum atomic E-state index is -5.56. The summed E-state index contributed by atoms with van der Waals surface area (Å²) in [4.78, 5) is -0.130. The minimum absolute atomic E-state index is 0.194. The molecule has 1 aliphatic rings. The summed E-state index contributed by atoms with van der Waals surface area (Å²) in [5.41, 5.74) is -1.27. The number of nitriles is 1. The van der Waals surface area contributed by atoms with Crippen LogP contribution >= 0.6 is 22.7 Å². The fourth-order valence-electron chi connectivity index (χ4n) is 3.55. The Morgan fingerprint density at radius 2 is 1.39 bits per heavy atom. The fraction of sp³-hybridized carbons (Fsp3) is 0.227. The summed E-state index contributed by atoms with van der Waals surface area (Å²) in [6.07, 6.45) is 0. The van der Waals surface area contributed by atoms with Crippen molar-refractivity contribution in [3.8, 4) is 16.5 Å². The van der Waals surface area contributed by atoms with E-state index in [1.54, 1.807) is 12.1 Å². The average Bonchev–Trinajstić information content (AvgIpc) is 3.32. The molecule has 1 aliphatic carbocycles. The Morgan fingerprint density at radius 3 is 1.90 bits per heavy atom. The molecule has 0 N–H and O–H groups in total. The Morgan fingerprint density at radius 1 is 0.806 bits per heavy atom. The first-order valence-corrected chi connectivity index (χ1v) is 10.7. The third-order valence-corrected chi connectivity index (χ3v) is 7.54. The molecule has 9 heteroatoms. The van der Waals surface area contributed by atoms with Gasteiger partial charge in [0, 0.05) is 14.6 Å². The van der Waals surface area contributed by atoms with E-state index in [4.69, 9.17) is 5.26 Å². The maximum absolute atomic E-state index is 14.9. The van der Waals surface area contributed by atoms with E-state index in [0.29, 0.717) is 16.0 Å². The van der Waals surface area contributed by atoms with E-state index >= 15 is 0 Å². The van der Waals surface area contributed by atoms with Gasteiger partial charge in [0.2, 0.25) is 0 Å². The zero-order chi connectivity index (χ0) is 22.8. The molecule has 3 aromatic rings. The van der Waals surface area contributed by atoms with Crippen LogP contribution in [0.4, 0.5) is 26.3 Å². The highest BCUT2D eigenvalue weighted by atomic mass is 32.1. The van der Waals surface area contributed by atoms with E-state index in [1.165, 1.54) is 43.5 Å². The molecule has 1 aromatic carbocycles. The van der Waals surface area contributed by atoms with Crippen molar-refractivity contribution in [2.45, 2.75) is 31.6 Å². The van der Waals surface area contributed by atoms with Gasteiger partial charge in [0.05, 0.1) is 22.8 Å². The molecule has 2 aromatic heterocycles. The number of aryl methyl sites for hydroxylation is 2. The van der Waals surface area contributed by atoms with Gasteiger partial charge in [-0.2, -0.15) is 31.6 Å². The molecule has 0 unspecified atom stereocenters. The summed E-state index contributed by atoms with van der Waals surface area (Å²) in [7, 11) is 0. The van der Waals surface area contributed by atoms with E-state index in [-0.39, 0.29) is 20.9 Å². The molecular formula is C22H13F6NS2. The zero-order valence-electron chi connectivity index (χ0n) is 16.1. The normalized spacial score (nSPS) is 18.9. The quantitative estimate of drug-likeness (QED) is 0.359. The van der Waals surface area contributed by atoms with E-state index in [1.807, 2.05) is 6.07 Å². The molecule has 0 radical (unpaired) electrons. The molecule has 1 nitrogen and oxygen atoms in total. The molecule has 0 atom stereocenters. The van der Waals surface area contributed by atoms with Crippen LogP contribution in [0.3, 0.4) is 0 Å². The van der Waals surface area contributed by atoms with Crippen LogP contribution in [0.5, 0.6) is 0 Å². The van der Waals surface area contributed by atoms with Gasteiger partial charge in [-0.05, 0) is 60.2 Å². The van der Waals surface area contributed by atoms with E-state index in [9.17, 15) is 26.3 Å². The molecule has 4 rings (SSSR count). The van der Waals surface area contributed by atoms with Crippen LogP contribution in [-0.2, 0) is 0 Å². The number of rotatable bonds is 3. The first-order chi connectivity index (χ1) is 14.4. The predicted molar refractivity (Wildman–Crippen MR) is 110 cm³/mol. The molecule has 0 amide bonds. The summed E-state index contributed by atoms with van der Waals surface area (Å²) in [6.45, 7) is 2.85. The molecular weight excluding hydrogens is 456 g/mol. The molecule has 0 saturated heterocycles. The monoisotopic (exact) mass is 469 g/mol. The molecule has 2 heterocycles. The predicted octanol–water partition coefficient (Wildman–Crippen LogP) is 7.80. The Bertz CT molecular complexity index is 1240. The third-order valence-electron chi connectivity index (χ3n) is 5.20. The van der Waals surface area contributed by atoms with Crippen molar-refractivity contribution in [2.24, 2.45) is 0 Å². The maximum atomic E-state index is 14.9. The van der Waals surface area contributed by atoms with Gasteiger partial charge in [0.1, 0.15) is 0 Å². The van der Waals surface area contributed by atoms with Crippen LogP contribution in [0.15, 0.2) is 41.8 Å². The van der Waals surface area contributed by atoms with Gasteiger partial charge in [-0.1, -0.05) is 12.1 Å². The van der Waals surface area contributed by atoms with E-state index in [2.05, 4.69) is 0 Å². The molecule has 0 bridgehead atoms. The average molecular weight is 469 g/mol. The Hall–Kier alpha value is -2.57. The van der Waals surface area contributed by atoms with Gasteiger partial charge in [-0.3, -0.25) is 0 Å². The van der Waals surface area contributed by atoms with Crippen molar-refractivity contribution in [3.05, 3.63) is 68.2 Å². The number of hydrogen-bond acceptors (Lipinski definition) is 3. The smallest absolute Gasteiger partial charge is 0.194 e. The zero-order valence-corrected chi connectivity index (χ0v) is 17.7. The molecule has 0 aliphatic heterocycles. The molecule has 0 fully saturated rings. The second kappa shape index (κ2) is 6.97. The first kappa shape index (κ1) is 21.7. The third kappa shape index (κ3) is 2.96. The van der Waals surface area contributed by atoms with Crippen LogP contribution in [0.1, 0.15) is 26.4 Å². The van der Waals surface area contributed by atoms with Gasteiger partial charge in [-0.25, -0.2) is 0 Å². The second-order valence-electron chi connectivity index (χ2n) is 7.22. The highest BCUT2D eigenvalue weighted by Gasteiger charge is 2.80. The van der Waals surface area contributed by atoms with Crippen molar-refractivity contribution in [1.29, 1.82) is 5.26 Å². The van der Waals surface area contributed by atoms with Crippen molar-refractivity contribution in [1.82, 2.24) is 0 Å². The number of thiophene rings is 2. The SMILES string of the molecule is Cc1ccsc1C1=C(c2sc(-c3ccc(C#N)cc3)cc2C)C(F)(F)C(F)(F)C1(F)F. The lowest BCUT2D eigenvalue weighted by Gasteiger charge is -2.25. The fourth-order valence-corrected chi connectivity index (χ4v) is 5.82. The maximum Gasteiger partial charge on any atom is 0.380 e. The van der Waals surface area contributed by atoms with Crippen LogP contribution in [0.2, 0.25) is 0 Å². The van der Waals surface area contributed by atoms with Gasteiger partial charge >= 0.3 is 17.8 Å². The standard InChI is InChI=1S/C22H13F6NS2/c1-11-7-8-30-18(11)16-17(21(25,26)22(27,28)20(16,23)24)19-12(2)9-15(31-19)14-5-3-13(10-29)4-6-14/h3-9H,1-2H3. The number of alkyl halides is 6. The number of nitrogens with zero attached hydrogens (tertiary/aromatic N) is 1. The molecule has 0 saturated carbocycles. The Balaban J connectivity index is 1.99. The highest BCUT2D eigenvalue weighted by Crippen LogP contribution is 2.66. The number of allylic oxidation sites excluding steroid dienone is 2. The summed E-state index contributed by atoms with van der Waals surface area (Å²) in [5, 5.41) is 10.3. The number of benzene rings is 1. The lowest BCUT2D eigenvalue weighted by molar-refractivity contribution is -0.254. The van der Waals surface area contributed by atoms with Gasteiger partial charge < -0.3 is 0 Å². The Kier molecular flexibility index (Phi) is 4.87. The minimum Gasteiger partial charge on any atom is -0.194 e. The lowest BCUT2D eigenvalue weighted by atomic mass is 10.0. The molecule has 160 valence electrons. The second-order valence-corrected chi connectivity index (χ2v) is 9.19. The topological polar surface area (TPSA) is 23.8 Å². The summed E-state index contributed by atoms with van der Waals surface area (Å²) in [6, 6.07) is 11.1. The van der Waals surface area contributed by atoms with Crippen molar-refractivity contribution >= 4 is 33.8 Å². The Labute approximate surface area is 181 Å². The lowest BCUT2D eigenvalue weighted by Crippen LogP contribution is -2.48. The van der Waals surface area contributed by atoms with Crippen molar-refractivity contribution < 1.29 is 26.3 Å². The summed E-state index contributed by atoms with van der Waals surface area (Å²) >= 11 is 1.48. The van der Waals surface area contributed by atoms with Gasteiger partial charge in [-0.15, -0.1) is 22.7 Å². The van der Waals surface area contributed by atoms with Crippen LogP contribution < -0.4 is 0 Å². The first-order valence-electron chi connectivity index (χ1n) is 8.98. The highest BCUT2D eigenvalue weighted by molar-refractivity contribution is 7.17. The number of hydrogen-bond donors (Lipinski definition) is 0. The summed E-state index contributed by atoms with van der Waals surface area (Å²) in [5.74, 6) is -15.7.